The van der Waals surface area contributed by atoms with E-state index in [0.717, 1.165) is 0 Å². The van der Waals surface area contributed by atoms with Crippen LogP contribution in [0.3, 0.4) is 0 Å². The normalized spacial score (nSPS) is 12.2. The smallest absolute Gasteiger partial charge is 0.374 e. The maximum absolute atomic E-state index is 11.6. The molecular formula is C5H5ClF2NOS+. The van der Waals surface area contributed by atoms with Crippen molar-refractivity contribution in [3.8, 4) is 5.19 Å². The van der Waals surface area contributed by atoms with Crippen LogP contribution in [0.25, 0.3) is 0 Å². The van der Waals surface area contributed by atoms with Crippen molar-refractivity contribution in [3.63, 3.8) is 0 Å². The first-order valence-corrected chi connectivity index (χ1v) is 4.68. The molecular weight excluding hydrogens is 196 g/mol. The Morgan fingerprint density at radius 3 is 3.00 bits per heavy atom. The van der Waals surface area contributed by atoms with Gasteiger partial charge in [-0.1, -0.05) is 11.6 Å². The molecule has 0 bridgehead atoms. The summed E-state index contributed by atoms with van der Waals surface area (Å²) in [6.07, 6.45) is 1.42. The average molecular weight is 201 g/mol. The van der Waals surface area contributed by atoms with Crippen molar-refractivity contribution >= 4 is 22.1 Å². The van der Waals surface area contributed by atoms with Gasteiger partial charge in [-0.3, -0.25) is 0 Å². The van der Waals surface area contributed by atoms with Crippen molar-refractivity contribution in [2.75, 3.05) is 0 Å². The molecule has 0 amide bonds. The summed E-state index contributed by atoms with van der Waals surface area (Å²) >= 11 is 5.44. The predicted molar refractivity (Wildman–Crippen MR) is 39.2 cm³/mol. The second kappa shape index (κ2) is 3.82. The van der Waals surface area contributed by atoms with E-state index in [2.05, 4.69) is 9.72 Å². The minimum atomic E-state index is -2.81. The predicted octanol–water partition coefficient (Wildman–Crippen LogP) is 2.63. The molecule has 1 aromatic heterocycles. The Labute approximate surface area is 69.7 Å². The summed E-state index contributed by atoms with van der Waals surface area (Å²) < 4.78 is 27.4. The van der Waals surface area contributed by atoms with Gasteiger partial charge in [0.05, 0.1) is 16.7 Å². The van der Waals surface area contributed by atoms with Gasteiger partial charge in [0.25, 0.3) is 0 Å². The first-order chi connectivity index (χ1) is 5.24. The first kappa shape index (κ1) is 8.67. The zero-order chi connectivity index (χ0) is 8.27. The molecule has 0 saturated heterocycles. The van der Waals surface area contributed by atoms with Crippen molar-refractivity contribution in [2.24, 2.45) is 0 Å². The molecule has 0 radical (unpaired) electrons. The number of nitrogens with zero attached hydrogens (tertiary/aromatic N) is 1. The van der Waals surface area contributed by atoms with Crippen LogP contribution >= 0.6 is 22.1 Å². The third-order valence-electron chi connectivity index (χ3n) is 0.937. The first-order valence-electron chi connectivity index (χ1n) is 2.69. The SMILES string of the molecule is FC(F)Oc1ncc[s+]1CCl. The van der Waals surface area contributed by atoms with E-state index in [9.17, 15) is 8.78 Å². The van der Waals surface area contributed by atoms with Gasteiger partial charge >= 0.3 is 11.8 Å². The molecule has 0 spiro atoms. The maximum Gasteiger partial charge on any atom is 0.440 e. The molecule has 0 fully saturated rings. The van der Waals surface area contributed by atoms with Crippen LogP contribution in [0.2, 0.25) is 0 Å². The van der Waals surface area contributed by atoms with E-state index in [-0.39, 0.29) is 10.4 Å². The number of aromatic nitrogens is 1. The maximum atomic E-state index is 11.6. The standard InChI is InChI=1S/C5H5ClF2NOS/c6-3-11-2-1-9-5(11)10-4(7)8/h1-2,4H,3H2/q+1. The fourth-order valence-corrected chi connectivity index (χ4v) is 1.92. The molecule has 1 heterocycles. The lowest BCUT2D eigenvalue weighted by Crippen LogP contribution is -2.01. The summed E-state index contributed by atoms with van der Waals surface area (Å²) in [5, 5.41) is 1.90. The summed E-state index contributed by atoms with van der Waals surface area (Å²) in [7, 11) is -0.560. The van der Waals surface area contributed by atoms with E-state index in [0.29, 0.717) is 0 Å². The van der Waals surface area contributed by atoms with Crippen molar-refractivity contribution < 1.29 is 13.5 Å². The Balaban J connectivity index is 2.68. The Hall–Kier alpha value is -0.420. The second-order valence-corrected chi connectivity index (χ2v) is 3.95. The lowest BCUT2D eigenvalue weighted by Gasteiger charge is -1.94. The number of hydrogen-bond donors (Lipinski definition) is 0. The minimum Gasteiger partial charge on any atom is -0.374 e. The van der Waals surface area contributed by atoms with Gasteiger partial charge in [0.2, 0.25) is 5.21 Å². The van der Waals surface area contributed by atoms with Gasteiger partial charge in [-0.2, -0.15) is 13.8 Å². The lowest BCUT2D eigenvalue weighted by molar-refractivity contribution is -0.0501. The van der Waals surface area contributed by atoms with Gasteiger partial charge in [-0.25, -0.2) is 0 Å². The fraction of sp³-hybridized carbons (Fsp3) is 0.400. The highest BCUT2D eigenvalue weighted by Crippen LogP contribution is 2.32. The van der Waals surface area contributed by atoms with Crippen molar-refractivity contribution in [1.82, 2.24) is 4.98 Å². The van der Waals surface area contributed by atoms with Crippen LogP contribution in [0.4, 0.5) is 8.78 Å². The molecule has 1 aromatic rings. The van der Waals surface area contributed by atoms with Crippen LogP contribution in [0, 0.1) is 0 Å². The van der Waals surface area contributed by atoms with Gasteiger partial charge < -0.3 is 4.74 Å². The van der Waals surface area contributed by atoms with Crippen molar-refractivity contribution in [1.29, 1.82) is 0 Å². The third kappa shape index (κ3) is 2.27. The zero-order valence-electron chi connectivity index (χ0n) is 5.34. The molecule has 2 nitrogen and oxygen atoms in total. The Morgan fingerprint density at radius 1 is 1.73 bits per heavy atom. The summed E-state index contributed by atoms with van der Waals surface area (Å²) in [5.74, 6) is 0. The molecule has 6 heteroatoms. The highest BCUT2D eigenvalue weighted by Gasteiger charge is 2.19. The summed E-state index contributed by atoms with van der Waals surface area (Å²) in [6, 6.07) is 0. The summed E-state index contributed by atoms with van der Waals surface area (Å²) in [6.45, 7) is -2.81. The molecule has 1 atom stereocenters. The topological polar surface area (TPSA) is 22.1 Å². The number of alkyl halides is 3. The van der Waals surface area contributed by atoms with Crippen LogP contribution in [-0.4, -0.2) is 11.6 Å². The molecule has 0 aliphatic heterocycles. The molecule has 0 saturated carbocycles. The average Bonchev–Trinajstić information content (AvgIpc) is 2.34. The Bertz CT molecular complexity index is 230. The van der Waals surface area contributed by atoms with Gasteiger partial charge in [0, 0.05) is 0 Å². The van der Waals surface area contributed by atoms with E-state index in [1.807, 2.05) is 0 Å². The minimum absolute atomic E-state index is 0.0231. The Kier molecular flexibility index (Phi) is 3.02. The summed E-state index contributed by atoms with van der Waals surface area (Å²) in [5.41, 5.74) is 0. The van der Waals surface area contributed by atoms with Crippen LogP contribution < -0.4 is 4.74 Å². The van der Waals surface area contributed by atoms with E-state index in [1.54, 1.807) is 5.38 Å². The molecule has 1 unspecified atom stereocenters. The number of halogens is 3. The molecule has 62 valence electrons. The lowest BCUT2D eigenvalue weighted by atomic mass is 11.0. The monoisotopic (exact) mass is 200 g/mol. The summed E-state index contributed by atoms with van der Waals surface area (Å²) in [4.78, 5) is 3.59. The van der Waals surface area contributed by atoms with E-state index in [1.165, 1.54) is 6.20 Å². The van der Waals surface area contributed by atoms with Crippen molar-refractivity contribution in [3.05, 3.63) is 11.6 Å². The van der Waals surface area contributed by atoms with E-state index < -0.39 is 17.1 Å². The number of thiazole rings is 1. The number of hydrogen-bond acceptors (Lipinski definition) is 2. The van der Waals surface area contributed by atoms with Gasteiger partial charge in [-0.15, -0.1) is 0 Å². The number of rotatable bonds is 3. The Morgan fingerprint density at radius 2 is 2.45 bits per heavy atom. The van der Waals surface area contributed by atoms with Crippen LogP contribution in [0.1, 0.15) is 0 Å². The highest BCUT2D eigenvalue weighted by molar-refractivity contribution is 7.32. The third-order valence-corrected chi connectivity index (χ3v) is 2.98. The molecule has 1 rings (SSSR count). The zero-order valence-corrected chi connectivity index (χ0v) is 6.91. The highest BCUT2D eigenvalue weighted by atomic mass is 35.5. The second-order valence-electron chi connectivity index (χ2n) is 1.60. The van der Waals surface area contributed by atoms with E-state index >= 15 is 0 Å². The molecule has 0 aliphatic carbocycles. The van der Waals surface area contributed by atoms with Crippen LogP contribution in [0.5, 0.6) is 5.19 Å². The van der Waals surface area contributed by atoms with Gasteiger partial charge in [-0.05, 0) is 0 Å². The molecule has 0 aromatic carbocycles. The molecule has 11 heavy (non-hydrogen) atoms. The van der Waals surface area contributed by atoms with Gasteiger partial charge in [0.1, 0.15) is 0 Å². The molecule has 0 N–H and O–H groups in total. The molecule has 0 aliphatic rings. The number of ether oxygens (including phenoxy) is 1. The van der Waals surface area contributed by atoms with Crippen LogP contribution in [0.15, 0.2) is 11.6 Å². The van der Waals surface area contributed by atoms with E-state index in [4.69, 9.17) is 11.6 Å². The van der Waals surface area contributed by atoms with Crippen LogP contribution in [-0.2, 0) is 5.21 Å². The van der Waals surface area contributed by atoms with Crippen molar-refractivity contribution in [2.45, 2.75) is 11.8 Å². The van der Waals surface area contributed by atoms with Gasteiger partial charge in [0.15, 0.2) is 5.38 Å². The largest absolute Gasteiger partial charge is 0.440 e. The quantitative estimate of drug-likeness (QED) is 0.553. The fourth-order valence-electron chi connectivity index (χ4n) is 0.542.